The first-order valence-electron chi connectivity index (χ1n) is 3.48. The number of rotatable bonds is 1. The van der Waals surface area contributed by atoms with E-state index in [2.05, 4.69) is 5.18 Å². The molecule has 1 fully saturated rings. The summed E-state index contributed by atoms with van der Waals surface area (Å²) in [6.45, 7) is 0. The van der Waals surface area contributed by atoms with E-state index in [1.54, 1.807) is 0 Å². The second-order valence-corrected chi connectivity index (χ2v) is 2.77. The molecule has 3 N–H and O–H groups in total. The van der Waals surface area contributed by atoms with E-state index in [9.17, 15) is 9.70 Å². The van der Waals surface area contributed by atoms with Gasteiger partial charge in [-0.15, -0.1) is 4.91 Å². The van der Waals surface area contributed by atoms with Crippen LogP contribution in [0.3, 0.4) is 0 Å². The Hall–Kier alpha value is -0.850. The number of nitroso groups, excluding NO2 is 1. The lowest BCUT2D eigenvalue weighted by Crippen LogP contribution is -2.52. The molecule has 1 aliphatic carbocycles. The van der Waals surface area contributed by atoms with Crippen molar-refractivity contribution >= 4 is 5.78 Å². The Labute approximate surface area is 67.8 Å². The molecule has 12 heavy (non-hydrogen) atoms. The quantitative estimate of drug-likeness (QED) is 0.406. The lowest BCUT2D eigenvalue weighted by atomic mass is 9.87. The highest BCUT2D eigenvalue weighted by atomic mass is 16.3. The molecule has 0 saturated heterocycles. The molecule has 0 aromatic heterocycles. The Morgan fingerprint density at radius 1 is 1.25 bits per heavy atom. The second-order valence-electron chi connectivity index (χ2n) is 2.77. The van der Waals surface area contributed by atoms with E-state index in [0.29, 0.717) is 0 Å². The van der Waals surface area contributed by atoms with Crippen molar-refractivity contribution in [1.82, 2.24) is 0 Å². The lowest BCUT2D eigenvalue weighted by Gasteiger charge is -2.28. The van der Waals surface area contributed by atoms with Gasteiger partial charge < -0.3 is 15.3 Å². The fourth-order valence-electron chi connectivity index (χ4n) is 1.18. The van der Waals surface area contributed by atoms with Gasteiger partial charge in [0.15, 0.2) is 11.8 Å². The summed E-state index contributed by atoms with van der Waals surface area (Å²) in [4.78, 5) is 20.9. The van der Waals surface area contributed by atoms with Crippen LogP contribution in [0.5, 0.6) is 0 Å². The molecule has 6 nitrogen and oxygen atoms in total. The first-order valence-corrected chi connectivity index (χ1v) is 3.48. The molecule has 1 aliphatic rings. The van der Waals surface area contributed by atoms with Gasteiger partial charge in [-0.05, 0) is 0 Å². The molecule has 6 heteroatoms. The van der Waals surface area contributed by atoms with Gasteiger partial charge in [0.1, 0.15) is 6.10 Å². The number of hydrogen-bond acceptors (Lipinski definition) is 6. The van der Waals surface area contributed by atoms with E-state index >= 15 is 0 Å². The van der Waals surface area contributed by atoms with E-state index < -0.39 is 30.1 Å². The number of ketones is 1. The molecule has 0 amide bonds. The summed E-state index contributed by atoms with van der Waals surface area (Å²) in [6.07, 6.45) is -4.39. The van der Waals surface area contributed by atoms with E-state index in [4.69, 9.17) is 15.3 Å². The number of aliphatic hydroxyl groups excluding tert-OH is 3. The Balaban J connectivity index is 2.79. The molecule has 0 spiro atoms. The Morgan fingerprint density at radius 3 is 2.33 bits per heavy atom. The van der Waals surface area contributed by atoms with Gasteiger partial charge in [0, 0.05) is 6.42 Å². The lowest BCUT2D eigenvalue weighted by molar-refractivity contribution is -0.144. The van der Waals surface area contributed by atoms with Gasteiger partial charge in [-0.3, -0.25) is 4.79 Å². The summed E-state index contributed by atoms with van der Waals surface area (Å²) in [5.41, 5.74) is 0. The van der Waals surface area contributed by atoms with E-state index in [0.717, 1.165) is 0 Å². The average molecular weight is 175 g/mol. The van der Waals surface area contributed by atoms with Gasteiger partial charge in [-0.25, -0.2) is 0 Å². The van der Waals surface area contributed by atoms with Crippen LogP contribution in [0.2, 0.25) is 0 Å². The minimum absolute atomic E-state index is 0.205. The predicted molar refractivity (Wildman–Crippen MR) is 37.2 cm³/mol. The van der Waals surface area contributed by atoms with Gasteiger partial charge >= 0.3 is 0 Å². The van der Waals surface area contributed by atoms with Gasteiger partial charge in [-0.1, -0.05) is 5.18 Å². The van der Waals surface area contributed by atoms with Crippen molar-refractivity contribution in [2.24, 2.45) is 5.18 Å². The largest absolute Gasteiger partial charge is 0.390 e. The zero-order chi connectivity index (χ0) is 9.30. The molecule has 0 heterocycles. The number of hydrogen-bond donors (Lipinski definition) is 3. The second kappa shape index (κ2) is 3.26. The van der Waals surface area contributed by atoms with Crippen LogP contribution >= 0.6 is 0 Å². The minimum atomic E-state index is -1.60. The zero-order valence-corrected chi connectivity index (χ0v) is 6.12. The van der Waals surface area contributed by atoms with E-state index in [1.807, 2.05) is 0 Å². The highest BCUT2D eigenvalue weighted by Crippen LogP contribution is 2.19. The number of Topliss-reactive ketones (excluding diaryl/α,β-unsaturated/α-hetero) is 1. The number of carbonyl (C=O) groups excluding carboxylic acids is 1. The van der Waals surface area contributed by atoms with Crippen molar-refractivity contribution in [2.75, 3.05) is 0 Å². The highest BCUT2D eigenvalue weighted by molar-refractivity contribution is 5.90. The van der Waals surface area contributed by atoms with Crippen molar-refractivity contribution in [1.29, 1.82) is 0 Å². The Morgan fingerprint density at radius 2 is 1.83 bits per heavy atom. The van der Waals surface area contributed by atoms with Gasteiger partial charge in [-0.2, -0.15) is 0 Å². The SMILES string of the molecule is O=N[C@H]1C(=O)[C@@H](O)[C@@H](O)CC1O. The first-order chi connectivity index (χ1) is 5.57. The molecule has 0 aliphatic heterocycles. The number of carbonyl (C=O) groups is 1. The third kappa shape index (κ3) is 1.36. The molecule has 4 atom stereocenters. The molecule has 1 rings (SSSR count). The third-order valence-electron chi connectivity index (χ3n) is 1.91. The van der Waals surface area contributed by atoms with E-state index in [1.165, 1.54) is 0 Å². The fraction of sp³-hybridized carbons (Fsp3) is 0.833. The maximum Gasteiger partial charge on any atom is 0.194 e. The van der Waals surface area contributed by atoms with Crippen LogP contribution in [0.15, 0.2) is 5.18 Å². The fourth-order valence-corrected chi connectivity index (χ4v) is 1.18. The highest BCUT2D eigenvalue weighted by Gasteiger charge is 2.42. The smallest absolute Gasteiger partial charge is 0.194 e. The molecule has 68 valence electrons. The normalized spacial score (nSPS) is 42.8. The molecular weight excluding hydrogens is 166 g/mol. The van der Waals surface area contributed by atoms with Crippen LogP contribution in [0.1, 0.15) is 6.42 Å². The monoisotopic (exact) mass is 175 g/mol. The Kier molecular flexibility index (Phi) is 2.51. The van der Waals surface area contributed by atoms with Gasteiger partial charge in [0.05, 0.1) is 12.2 Å². The predicted octanol–water partition coefficient (Wildman–Crippen LogP) is -1.82. The number of nitrogens with zero attached hydrogens (tertiary/aromatic N) is 1. The van der Waals surface area contributed by atoms with Crippen molar-refractivity contribution in [3.63, 3.8) is 0 Å². The van der Waals surface area contributed by atoms with E-state index in [-0.39, 0.29) is 6.42 Å². The molecule has 0 radical (unpaired) electrons. The third-order valence-corrected chi connectivity index (χ3v) is 1.91. The molecule has 1 saturated carbocycles. The average Bonchev–Trinajstić information content (AvgIpc) is 2.01. The standard InChI is InChI=1S/C6H9NO5/c8-2-1-3(9)5(10)6(11)4(2)7-12/h2-5,8-10H,1H2/t2?,3-,4+,5-/m0/s1. The maximum absolute atomic E-state index is 10.9. The summed E-state index contributed by atoms with van der Waals surface area (Å²) < 4.78 is 0. The summed E-state index contributed by atoms with van der Waals surface area (Å²) in [5, 5.41) is 29.3. The van der Waals surface area contributed by atoms with Crippen molar-refractivity contribution in [3.8, 4) is 0 Å². The molecule has 0 aromatic carbocycles. The molecule has 0 bridgehead atoms. The van der Waals surface area contributed by atoms with Crippen LogP contribution < -0.4 is 0 Å². The number of aliphatic hydroxyl groups is 3. The van der Waals surface area contributed by atoms with Crippen molar-refractivity contribution in [2.45, 2.75) is 30.8 Å². The summed E-state index contributed by atoms with van der Waals surface area (Å²) in [7, 11) is 0. The molecule has 0 aromatic rings. The summed E-state index contributed by atoms with van der Waals surface area (Å²) >= 11 is 0. The minimum Gasteiger partial charge on any atom is -0.390 e. The molecular formula is C6H9NO5. The Bertz CT molecular complexity index is 206. The van der Waals surface area contributed by atoms with Gasteiger partial charge in [0.25, 0.3) is 0 Å². The first kappa shape index (κ1) is 9.24. The molecule has 1 unspecified atom stereocenters. The van der Waals surface area contributed by atoms with Crippen LogP contribution in [0.25, 0.3) is 0 Å². The summed E-state index contributed by atoms with van der Waals surface area (Å²) in [5.74, 6) is -0.920. The van der Waals surface area contributed by atoms with Crippen LogP contribution in [-0.2, 0) is 4.79 Å². The van der Waals surface area contributed by atoms with Crippen LogP contribution in [-0.4, -0.2) is 45.5 Å². The topological polar surface area (TPSA) is 107 Å². The van der Waals surface area contributed by atoms with Gasteiger partial charge in [0.2, 0.25) is 0 Å². The zero-order valence-electron chi connectivity index (χ0n) is 6.12. The summed E-state index contributed by atoms with van der Waals surface area (Å²) in [6, 6.07) is -1.44. The van der Waals surface area contributed by atoms with Crippen LogP contribution in [0.4, 0.5) is 0 Å². The van der Waals surface area contributed by atoms with Crippen molar-refractivity contribution < 1.29 is 20.1 Å². The van der Waals surface area contributed by atoms with Crippen molar-refractivity contribution in [3.05, 3.63) is 4.91 Å². The maximum atomic E-state index is 10.9. The van der Waals surface area contributed by atoms with Crippen LogP contribution in [0, 0.1) is 4.91 Å².